The van der Waals surface area contributed by atoms with E-state index in [1.165, 1.54) is 5.01 Å². The summed E-state index contributed by atoms with van der Waals surface area (Å²) in [5.41, 5.74) is 0. The van der Waals surface area contributed by atoms with E-state index in [1.54, 1.807) is 0 Å². The first-order valence-electron chi connectivity index (χ1n) is 3.11. The monoisotopic (exact) mass is 126 g/mol. The summed E-state index contributed by atoms with van der Waals surface area (Å²) in [6, 6.07) is 0. The molecule has 0 N–H and O–H groups in total. The molecule has 0 bridgehead atoms. The summed E-state index contributed by atoms with van der Waals surface area (Å²) < 4.78 is 0. The quantitative estimate of drug-likeness (QED) is 0.474. The Morgan fingerprint density at radius 2 is 2.33 bits per heavy atom. The van der Waals surface area contributed by atoms with Crippen LogP contribution in [0.1, 0.15) is 19.3 Å². The maximum Gasteiger partial charge on any atom is 0.242 e. The second-order valence-electron chi connectivity index (χ2n) is 2.12. The van der Waals surface area contributed by atoms with Crippen molar-refractivity contribution < 1.29 is 4.79 Å². The molecule has 0 aromatic rings. The molecule has 0 aromatic heterocycles. The normalized spacial score (nSPS) is 20.0. The molecule has 1 aliphatic heterocycles. The molecular weight excluding hydrogens is 116 g/mol. The minimum Gasteiger partial charge on any atom is -0.273 e. The molecular formula is C6H10N2O. The van der Waals surface area contributed by atoms with Crippen molar-refractivity contribution in [1.82, 2.24) is 5.01 Å². The van der Waals surface area contributed by atoms with Crippen molar-refractivity contribution in [2.75, 3.05) is 6.54 Å². The van der Waals surface area contributed by atoms with Gasteiger partial charge in [0.05, 0.1) is 0 Å². The number of carbonyl (C=O) groups excluding carboxylic acids is 1. The molecule has 9 heavy (non-hydrogen) atoms. The second-order valence-corrected chi connectivity index (χ2v) is 2.12. The van der Waals surface area contributed by atoms with Crippen LogP contribution in [0.25, 0.3) is 0 Å². The van der Waals surface area contributed by atoms with E-state index in [2.05, 4.69) is 11.8 Å². The van der Waals surface area contributed by atoms with Crippen LogP contribution in [0.5, 0.6) is 0 Å². The third kappa shape index (κ3) is 1.28. The van der Waals surface area contributed by atoms with Crippen molar-refractivity contribution in [2.24, 2.45) is 5.10 Å². The predicted molar refractivity (Wildman–Crippen MR) is 35.1 cm³/mol. The molecule has 0 spiro atoms. The summed E-state index contributed by atoms with van der Waals surface area (Å²) in [6.07, 6.45) is 2.70. The summed E-state index contributed by atoms with van der Waals surface area (Å²) >= 11 is 0. The van der Waals surface area contributed by atoms with E-state index in [0.29, 0.717) is 6.42 Å². The van der Waals surface area contributed by atoms with Gasteiger partial charge in [-0.3, -0.25) is 4.79 Å². The van der Waals surface area contributed by atoms with Crippen LogP contribution in [-0.2, 0) is 4.79 Å². The lowest BCUT2D eigenvalue weighted by Crippen LogP contribution is -2.30. The smallest absolute Gasteiger partial charge is 0.242 e. The lowest BCUT2D eigenvalue weighted by Gasteiger charge is -2.20. The van der Waals surface area contributed by atoms with Gasteiger partial charge >= 0.3 is 0 Å². The van der Waals surface area contributed by atoms with Crippen molar-refractivity contribution in [3.8, 4) is 0 Å². The van der Waals surface area contributed by atoms with Crippen LogP contribution in [0, 0.1) is 0 Å². The van der Waals surface area contributed by atoms with Crippen LogP contribution in [0.15, 0.2) is 5.10 Å². The average molecular weight is 126 g/mol. The van der Waals surface area contributed by atoms with Crippen LogP contribution in [0.2, 0.25) is 0 Å². The Bertz CT molecular complexity index is 133. The van der Waals surface area contributed by atoms with E-state index in [0.717, 1.165) is 19.4 Å². The number of hydrazone groups is 1. The molecule has 0 saturated carbocycles. The minimum absolute atomic E-state index is 0.108. The van der Waals surface area contributed by atoms with Gasteiger partial charge in [0.1, 0.15) is 0 Å². The van der Waals surface area contributed by atoms with Crippen molar-refractivity contribution in [1.29, 1.82) is 0 Å². The molecule has 1 rings (SSSR count). The van der Waals surface area contributed by atoms with Crippen molar-refractivity contribution in [2.45, 2.75) is 19.3 Å². The first-order valence-corrected chi connectivity index (χ1v) is 3.11. The fourth-order valence-corrected chi connectivity index (χ4v) is 0.941. The van der Waals surface area contributed by atoms with Gasteiger partial charge in [0, 0.05) is 19.7 Å². The van der Waals surface area contributed by atoms with Crippen molar-refractivity contribution in [3.63, 3.8) is 0 Å². The molecule has 1 heterocycles. The number of hydrogen-bond acceptors (Lipinski definition) is 2. The Morgan fingerprint density at radius 1 is 1.56 bits per heavy atom. The molecule has 3 heteroatoms. The Labute approximate surface area is 54.3 Å². The third-order valence-corrected chi connectivity index (χ3v) is 1.47. The van der Waals surface area contributed by atoms with E-state index < -0.39 is 0 Å². The number of carbonyl (C=O) groups is 1. The van der Waals surface area contributed by atoms with Crippen LogP contribution in [0.3, 0.4) is 0 Å². The Balaban J connectivity index is 2.48. The molecule has 0 atom stereocenters. The zero-order valence-electron chi connectivity index (χ0n) is 5.34. The van der Waals surface area contributed by atoms with E-state index >= 15 is 0 Å². The molecule has 1 fully saturated rings. The highest BCUT2D eigenvalue weighted by Crippen LogP contribution is 2.09. The molecule has 1 saturated heterocycles. The number of piperidine rings is 1. The molecule has 0 aromatic carbocycles. The fourth-order valence-electron chi connectivity index (χ4n) is 0.941. The highest BCUT2D eigenvalue weighted by Gasteiger charge is 2.15. The van der Waals surface area contributed by atoms with Gasteiger partial charge < -0.3 is 0 Å². The summed E-state index contributed by atoms with van der Waals surface area (Å²) in [5, 5.41) is 5.00. The van der Waals surface area contributed by atoms with Gasteiger partial charge in [-0.05, 0) is 12.8 Å². The fraction of sp³-hybridized carbons (Fsp3) is 0.667. The summed E-state index contributed by atoms with van der Waals surface area (Å²) in [4.78, 5) is 10.8. The number of nitrogens with zero attached hydrogens (tertiary/aromatic N) is 2. The van der Waals surface area contributed by atoms with Gasteiger partial charge in [0.2, 0.25) is 5.91 Å². The first kappa shape index (κ1) is 6.26. The van der Waals surface area contributed by atoms with E-state index in [-0.39, 0.29) is 5.91 Å². The third-order valence-electron chi connectivity index (χ3n) is 1.47. The maximum atomic E-state index is 10.8. The van der Waals surface area contributed by atoms with Gasteiger partial charge in [-0.1, -0.05) is 0 Å². The number of hydrogen-bond donors (Lipinski definition) is 0. The van der Waals surface area contributed by atoms with E-state index in [4.69, 9.17) is 0 Å². The number of rotatable bonds is 1. The van der Waals surface area contributed by atoms with Crippen LogP contribution < -0.4 is 0 Å². The highest BCUT2D eigenvalue weighted by molar-refractivity contribution is 5.76. The molecule has 0 radical (unpaired) electrons. The standard InChI is InChI=1S/C6H10N2O/c1-7-8-5-3-2-4-6(8)9/h1-5H2. The van der Waals surface area contributed by atoms with Crippen LogP contribution in [-0.4, -0.2) is 24.2 Å². The van der Waals surface area contributed by atoms with Crippen molar-refractivity contribution in [3.05, 3.63) is 0 Å². The molecule has 0 aliphatic carbocycles. The van der Waals surface area contributed by atoms with Gasteiger partial charge in [-0.15, -0.1) is 0 Å². The zero-order chi connectivity index (χ0) is 6.69. The maximum absolute atomic E-state index is 10.8. The minimum atomic E-state index is 0.108. The lowest BCUT2D eigenvalue weighted by atomic mass is 10.1. The van der Waals surface area contributed by atoms with Gasteiger partial charge in [-0.25, -0.2) is 5.01 Å². The van der Waals surface area contributed by atoms with Gasteiger partial charge in [-0.2, -0.15) is 5.10 Å². The molecule has 0 unspecified atom stereocenters. The van der Waals surface area contributed by atoms with E-state index in [1.807, 2.05) is 0 Å². The highest BCUT2D eigenvalue weighted by atomic mass is 16.2. The summed E-state index contributed by atoms with van der Waals surface area (Å²) in [7, 11) is 0. The summed E-state index contributed by atoms with van der Waals surface area (Å²) in [6.45, 7) is 4.04. The number of amides is 1. The molecule has 50 valence electrons. The topological polar surface area (TPSA) is 32.7 Å². The second kappa shape index (κ2) is 2.62. The van der Waals surface area contributed by atoms with Crippen LogP contribution in [0.4, 0.5) is 0 Å². The van der Waals surface area contributed by atoms with Crippen molar-refractivity contribution >= 4 is 12.6 Å². The predicted octanol–water partition coefficient (Wildman–Crippen LogP) is 0.615. The molecule has 3 nitrogen and oxygen atoms in total. The lowest BCUT2D eigenvalue weighted by molar-refractivity contribution is -0.133. The Hall–Kier alpha value is -0.860. The Morgan fingerprint density at radius 3 is 2.78 bits per heavy atom. The first-order chi connectivity index (χ1) is 4.34. The largest absolute Gasteiger partial charge is 0.273 e. The zero-order valence-corrected chi connectivity index (χ0v) is 5.34. The average Bonchev–Trinajstić information content (AvgIpc) is 1.89. The van der Waals surface area contributed by atoms with Gasteiger partial charge in [0.15, 0.2) is 0 Å². The SMILES string of the molecule is C=NN1CCCCC1=O. The van der Waals surface area contributed by atoms with Gasteiger partial charge in [0.25, 0.3) is 0 Å². The molecule has 1 amide bonds. The summed E-state index contributed by atoms with van der Waals surface area (Å²) in [5.74, 6) is 0.108. The van der Waals surface area contributed by atoms with Crippen LogP contribution >= 0.6 is 0 Å². The Kier molecular flexibility index (Phi) is 1.82. The van der Waals surface area contributed by atoms with E-state index in [9.17, 15) is 4.79 Å². The molecule has 1 aliphatic rings.